The van der Waals surface area contributed by atoms with E-state index in [1.807, 2.05) is 0 Å². The molecule has 0 aromatic carbocycles. The second-order valence-electron chi connectivity index (χ2n) is 5.94. The van der Waals surface area contributed by atoms with Crippen LogP contribution in [-0.2, 0) is 18.9 Å². The SMILES string of the molecule is NC1CCC2(CC1OCC1CCOCC1)OCCO2. The standard InChI is InChI=1S/C14H25NO4/c15-12-1-4-14(18-7-8-19-14)9-13(12)17-10-11-2-5-16-6-3-11/h11-13H,1-10,15H2. The first-order valence-corrected chi connectivity index (χ1v) is 7.50. The van der Waals surface area contributed by atoms with Crippen LogP contribution in [0.15, 0.2) is 0 Å². The second kappa shape index (κ2) is 6.06. The molecule has 5 heteroatoms. The van der Waals surface area contributed by atoms with Crippen LogP contribution in [0.3, 0.4) is 0 Å². The normalized spacial score (nSPS) is 35.8. The molecule has 3 rings (SSSR count). The first-order chi connectivity index (χ1) is 9.27. The summed E-state index contributed by atoms with van der Waals surface area (Å²) in [7, 11) is 0. The Morgan fingerprint density at radius 3 is 2.53 bits per heavy atom. The molecule has 0 amide bonds. The summed E-state index contributed by atoms with van der Waals surface area (Å²) in [5.41, 5.74) is 6.18. The summed E-state index contributed by atoms with van der Waals surface area (Å²) in [4.78, 5) is 0. The van der Waals surface area contributed by atoms with Gasteiger partial charge in [0.15, 0.2) is 5.79 Å². The molecule has 0 radical (unpaired) electrons. The van der Waals surface area contributed by atoms with Crippen molar-refractivity contribution in [1.82, 2.24) is 0 Å². The lowest BCUT2D eigenvalue weighted by molar-refractivity contribution is -0.206. The third-order valence-corrected chi connectivity index (χ3v) is 4.55. The molecule has 2 N–H and O–H groups in total. The van der Waals surface area contributed by atoms with E-state index in [1.165, 1.54) is 0 Å². The van der Waals surface area contributed by atoms with Crippen LogP contribution >= 0.6 is 0 Å². The maximum Gasteiger partial charge on any atom is 0.171 e. The van der Waals surface area contributed by atoms with Crippen molar-refractivity contribution in [3.05, 3.63) is 0 Å². The van der Waals surface area contributed by atoms with Crippen LogP contribution in [0.4, 0.5) is 0 Å². The fourth-order valence-corrected chi connectivity index (χ4v) is 3.25. The maximum atomic E-state index is 6.18. The number of nitrogens with two attached hydrogens (primary N) is 1. The molecule has 0 aromatic heterocycles. The van der Waals surface area contributed by atoms with Crippen molar-refractivity contribution in [2.45, 2.75) is 50.0 Å². The monoisotopic (exact) mass is 271 g/mol. The van der Waals surface area contributed by atoms with E-state index < -0.39 is 5.79 Å². The maximum absolute atomic E-state index is 6.18. The minimum atomic E-state index is -0.407. The molecule has 5 nitrogen and oxygen atoms in total. The van der Waals surface area contributed by atoms with E-state index in [0.29, 0.717) is 19.1 Å². The lowest BCUT2D eigenvalue weighted by Crippen LogP contribution is -2.50. The van der Waals surface area contributed by atoms with Crippen LogP contribution in [0.1, 0.15) is 32.1 Å². The van der Waals surface area contributed by atoms with E-state index in [2.05, 4.69) is 0 Å². The molecule has 19 heavy (non-hydrogen) atoms. The Kier molecular flexibility index (Phi) is 4.39. The number of rotatable bonds is 3. The van der Waals surface area contributed by atoms with Gasteiger partial charge in [-0.15, -0.1) is 0 Å². The summed E-state index contributed by atoms with van der Waals surface area (Å²) in [5, 5.41) is 0. The Labute approximate surface area is 114 Å². The summed E-state index contributed by atoms with van der Waals surface area (Å²) >= 11 is 0. The zero-order valence-corrected chi connectivity index (χ0v) is 11.5. The molecule has 2 unspecified atom stereocenters. The zero-order valence-electron chi connectivity index (χ0n) is 11.5. The van der Waals surface area contributed by atoms with Crippen LogP contribution < -0.4 is 5.73 Å². The largest absolute Gasteiger partial charge is 0.381 e. The minimum Gasteiger partial charge on any atom is -0.381 e. The highest BCUT2D eigenvalue weighted by Gasteiger charge is 2.44. The molecule has 0 aromatic rings. The predicted octanol–water partition coefficient (Wildman–Crippen LogP) is 1.05. The van der Waals surface area contributed by atoms with Crippen LogP contribution in [0.5, 0.6) is 0 Å². The van der Waals surface area contributed by atoms with Gasteiger partial charge >= 0.3 is 0 Å². The second-order valence-corrected chi connectivity index (χ2v) is 5.94. The Hall–Kier alpha value is -0.200. The molecule has 0 bridgehead atoms. The van der Waals surface area contributed by atoms with Crippen LogP contribution in [-0.4, -0.2) is 51.0 Å². The average Bonchev–Trinajstić information content (AvgIpc) is 2.90. The molecular formula is C14H25NO4. The van der Waals surface area contributed by atoms with Crippen molar-refractivity contribution < 1.29 is 18.9 Å². The molecule has 2 saturated heterocycles. The van der Waals surface area contributed by atoms with E-state index in [9.17, 15) is 0 Å². The highest BCUT2D eigenvalue weighted by atomic mass is 16.7. The van der Waals surface area contributed by atoms with Crippen molar-refractivity contribution in [3.8, 4) is 0 Å². The third kappa shape index (κ3) is 3.28. The molecule has 2 aliphatic heterocycles. The summed E-state index contributed by atoms with van der Waals surface area (Å²) in [5.74, 6) is 0.209. The Morgan fingerprint density at radius 1 is 1.05 bits per heavy atom. The number of hydrogen-bond acceptors (Lipinski definition) is 5. The van der Waals surface area contributed by atoms with Gasteiger partial charge in [0.1, 0.15) is 0 Å². The molecule has 1 aliphatic carbocycles. The first-order valence-electron chi connectivity index (χ1n) is 7.50. The van der Waals surface area contributed by atoms with Crippen molar-refractivity contribution in [3.63, 3.8) is 0 Å². The van der Waals surface area contributed by atoms with Gasteiger partial charge in [0, 0.05) is 32.1 Å². The van der Waals surface area contributed by atoms with E-state index >= 15 is 0 Å². The van der Waals surface area contributed by atoms with Gasteiger partial charge in [0.05, 0.1) is 25.9 Å². The fourth-order valence-electron chi connectivity index (χ4n) is 3.25. The van der Waals surface area contributed by atoms with Gasteiger partial charge in [0.2, 0.25) is 0 Å². The molecular weight excluding hydrogens is 246 g/mol. The Balaban J connectivity index is 1.50. The van der Waals surface area contributed by atoms with Crippen molar-refractivity contribution in [1.29, 1.82) is 0 Å². The third-order valence-electron chi connectivity index (χ3n) is 4.55. The van der Waals surface area contributed by atoms with Crippen molar-refractivity contribution in [2.24, 2.45) is 11.7 Å². The van der Waals surface area contributed by atoms with Crippen molar-refractivity contribution in [2.75, 3.05) is 33.0 Å². The van der Waals surface area contributed by atoms with Gasteiger partial charge in [-0.1, -0.05) is 0 Å². The smallest absolute Gasteiger partial charge is 0.171 e. The van der Waals surface area contributed by atoms with Gasteiger partial charge in [0.25, 0.3) is 0 Å². The molecule has 3 aliphatic rings. The van der Waals surface area contributed by atoms with E-state index in [-0.39, 0.29) is 12.1 Å². The summed E-state index contributed by atoms with van der Waals surface area (Å²) in [6, 6.07) is 0.110. The highest BCUT2D eigenvalue weighted by Crippen LogP contribution is 2.36. The summed E-state index contributed by atoms with van der Waals surface area (Å²) < 4.78 is 23.0. The lowest BCUT2D eigenvalue weighted by Gasteiger charge is -2.40. The fraction of sp³-hybridized carbons (Fsp3) is 1.00. The van der Waals surface area contributed by atoms with Gasteiger partial charge in [-0.05, 0) is 25.2 Å². The topological polar surface area (TPSA) is 62.9 Å². The van der Waals surface area contributed by atoms with Crippen LogP contribution in [0.2, 0.25) is 0 Å². The molecule has 1 saturated carbocycles. The number of ether oxygens (including phenoxy) is 4. The van der Waals surface area contributed by atoms with Crippen LogP contribution in [0.25, 0.3) is 0 Å². The minimum absolute atomic E-state index is 0.0645. The average molecular weight is 271 g/mol. The Bertz CT molecular complexity index is 287. The predicted molar refractivity (Wildman–Crippen MR) is 69.7 cm³/mol. The van der Waals surface area contributed by atoms with Gasteiger partial charge in [-0.2, -0.15) is 0 Å². The molecule has 110 valence electrons. The Morgan fingerprint density at radius 2 is 1.79 bits per heavy atom. The lowest BCUT2D eigenvalue weighted by atomic mass is 9.87. The quantitative estimate of drug-likeness (QED) is 0.831. The highest BCUT2D eigenvalue weighted by molar-refractivity contribution is 4.91. The van der Waals surface area contributed by atoms with Gasteiger partial charge < -0.3 is 24.7 Å². The summed E-state index contributed by atoms with van der Waals surface area (Å²) in [6.45, 7) is 3.91. The van der Waals surface area contributed by atoms with Crippen molar-refractivity contribution >= 4 is 0 Å². The first kappa shape index (κ1) is 13.8. The molecule has 2 heterocycles. The molecule has 1 spiro atoms. The van der Waals surface area contributed by atoms with Crippen LogP contribution in [0, 0.1) is 5.92 Å². The summed E-state index contributed by atoms with van der Waals surface area (Å²) in [6.07, 6.45) is 4.84. The number of hydrogen-bond donors (Lipinski definition) is 1. The zero-order chi connectivity index (χ0) is 13.1. The van der Waals surface area contributed by atoms with Gasteiger partial charge in [-0.3, -0.25) is 0 Å². The van der Waals surface area contributed by atoms with E-state index in [0.717, 1.165) is 51.9 Å². The molecule has 3 fully saturated rings. The van der Waals surface area contributed by atoms with Gasteiger partial charge in [-0.25, -0.2) is 0 Å². The molecule has 2 atom stereocenters. The van der Waals surface area contributed by atoms with E-state index in [4.69, 9.17) is 24.7 Å². The van der Waals surface area contributed by atoms with E-state index in [1.54, 1.807) is 0 Å².